The van der Waals surface area contributed by atoms with Crippen molar-refractivity contribution in [3.8, 4) is 0 Å². The molecule has 0 fully saturated rings. The average molecular weight is 400 g/mol. The summed E-state index contributed by atoms with van der Waals surface area (Å²) in [5.41, 5.74) is 1.92. The molecule has 0 heterocycles. The molecule has 0 aromatic heterocycles. The Morgan fingerprint density at radius 2 is 1.92 bits per heavy atom. The van der Waals surface area contributed by atoms with Crippen molar-refractivity contribution >= 4 is 27.6 Å². The van der Waals surface area contributed by atoms with Crippen molar-refractivity contribution in [2.45, 2.75) is 31.8 Å². The number of halogens is 2. The van der Waals surface area contributed by atoms with Crippen molar-refractivity contribution in [1.29, 1.82) is 0 Å². The van der Waals surface area contributed by atoms with E-state index in [1.807, 2.05) is 13.8 Å². The summed E-state index contributed by atoms with van der Waals surface area (Å²) in [6, 6.07) is 8.94. The number of hydrogen-bond acceptors (Lipinski definition) is 4. The molecule has 0 bridgehead atoms. The van der Waals surface area contributed by atoms with Crippen LogP contribution in [0.2, 0.25) is 5.02 Å². The Kier molecular flexibility index (Phi) is 6.75. The van der Waals surface area contributed by atoms with Gasteiger partial charge in [-0.2, -0.15) is 0 Å². The van der Waals surface area contributed by atoms with Gasteiger partial charge in [-0.25, -0.2) is 17.5 Å². The minimum atomic E-state index is -3.71. The molecule has 0 aliphatic carbocycles. The molecule has 2 aromatic rings. The highest BCUT2D eigenvalue weighted by Crippen LogP contribution is 2.20. The lowest BCUT2D eigenvalue weighted by Crippen LogP contribution is -2.27. The van der Waals surface area contributed by atoms with Gasteiger partial charge in [-0.05, 0) is 49.2 Å². The monoisotopic (exact) mass is 399 g/mol. The highest BCUT2D eigenvalue weighted by atomic mass is 35.5. The van der Waals surface area contributed by atoms with E-state index in [9.17, 15) is 17.6 Å². The molecule has 0 saturated heterocycles. The lowest BCUT2D eigenvalue weighted by molar-refractivity contribution is -0.144. The maximum absolute atomic E-state index is 13.6. The highest BCUT2D eigenvalue weighted by Gasteiger charge is 2.16. The third-order valence-electron chi connectivity index (χ3n) is 3.85. The second-order valence-corrected chi connectivity index (χ2v) is 7.93. The predicted octanol–water partition coefficient (Wildman–Crippen LogP) is 3.51. The Labute approximate surface area is 157 Å². The van der Waals surface area contributed by atoms with E-state index in [2.05, 4.69) is 4.72 Å². The molecule has 8 heteroatoms. The van der Waals surface area contributed by atoms with Crippen LogP contribution < -0.4 is 4.72 Å². The quantitative estimate of drug-likeness (QED) is 0.723. The van der Waals surface area contributed by atoms with Gasteiger partial charge in [0.15, 0.2) is 0 Å². The second-order valence-electron chi connectivity index (χ2n) is 5.75. The zero-order valence-corrected chi connectivity index (χ0v) is 16.0. The second kappa shape index (κ2) is 8.62. The average Bonchev–Trinajstić information content (AvgIpc) is 2.56. The third kappa shape index (κ3) is 5.27. The van der Waals surface area contributed by atoms with Crippen LogP contribution in [0.4, 0.5) is 4.39 Å². The van der Waals surface area contributed by atoms with Gasteiger partial charge in [-0.3, -0.25) is 4.79 Å². The van der Waals surface area contributed by atoms with Crippen LogP contribution in [0, 0.1) is 19.7 Å². The Morgan fingerprint density at radius 3 is 2.58 bits per heavy atom. The summed E-state index contributed by atoms with van der Waals surface area (Å²) in [6.45, 7) is 3.27. The van der Waals surface area contributed by atoms with E-state index in [4.69, 9.17) is 16.3 Å². The van der Waals surface area contributed by atoms with Crippen LogP contribution in [0.15, 0.2) is 41.3 Å². The Bertz CT molecular complexity index is 895. The van der Waals surface area contributed by atoms with Crippen LogP contribution in [0.25, 0.3) is 0 Å². The molecule has 0 aliphatic heterocycles. The van der Waals surface area contributed by atoms with Crippen molar-refractivity contribution in [3.63, 3.8) is 0 Å². The van der Waals surface area contributed by atoms with E-state index in [0.29, 0.717) is 0 Å². The SMILES string of the molecule is Cc1ccc(S(=O)(=O)NCCC(=O)OCc2c(F)cccc2Cl)cc1C. The zero-order valence-electron chi connectivity index (χ0n) is 14.4. The van der Waals surface area contributed by atoms with Gasteiger partial charge in [0.1, 0.15) is 12.4 Å². The summed E-state index contributed by atoms with van der Waals surface area (Å²) < 4.78 is 45.3. The molecule has 0 saturated carbocycles. The number of ether oxygens (including phenoxy) is 1. The number of sulfonamides is 1. The van der Waals surface area contributed by atoms with E-state index in [1.54, 1.807) is 12.1 Å². The molecule has 0 aliphatic rings. The molecule has 0 radical (unpaired) electrons. The van der Waals surface area contributed by atoms with Crippen LogP contribution in [-0.4, -0.2) is 20.9 Å². The first-order chi connectivity index (χ1) is 12.2. The molecule has 2 aromatic carbocycles. The van der Waals surface area contributed by atoms with Gasteiger partial charge in [-0.15, -0.1) is 0 Å². The number of carbonyl (C=O) groups is 1. The smallest absolute Gasteiger partial charge is 0.307 e. The molecule has 2 rings (SSSR count). The third-order valence-corrected chi connectivity index (χ3v) is 5.66. The van der Waals surface area contributed by atoms with Crippen LogP contribution in [0.5, 0.6) is 0 Å². The Balaban J connectivity index is 1.86. The van der Waals surface area contributed by atoms with Crippen molar-refractivity contribution in [2.24, 2.45) is 0 Å². The van der Waals surface area contributed by atoms with Gasteiger partial charge >= 0.3 is 5.97 Å². The van der Waals surface area contributed by atoms with Crippen molar-refractivity contribution in [3.05, 3.63) is 63.9 Å². The molecule has 1 N–H and O–H groups in total. The molecule has 140 valence electrons. The molecule has 0 amide bonds. The fraction of sp³-hybridized carbons (Fsp3) is 0.278. The maximum Gasteiger partial charge on any atom is 0.307 e. The molecule has 5 nitrogen and oxygen atoms in total. The molecule has 0 spiro atoms. The fourth-order valence-electron chi connectivity index (χ4n) is 2.15. The summed E-state index contributed by atoms with van der Waals surface area (Å²) in [4.78, 5) is 11.9. The van der Waals surface area contributed by atoms with Crippen LogP contribution in [-0.2, 0) is 26.2 Å². The van der Waals surface area contributed by atoms with E-state index < -0.39 is 21.8 Å². The van der Waals surface area contributed by atoms with Crippen molar-refractivity contribution in [1.82, 2.24) is 4.72 Å². The number of aryl methyl sites for hydroxylation is 2. The number of esters is 1. The van der Waals surface area contributed by atoms with Gasteiger partial charge in [0.2, 0.25) is 10.0 Å². The van der Waals surface area contributed by atoms with Gasteiger partial charge in [-0.1, -0.05) is 23.7 Å². The number of nitrogens with one attached hydrogen (secondary N) is 1. The number of benzene rings is 2. The molecule has 0 unspecified atom stereocenters. The summed E-state index contributed by atoms with van der Waals surface area (Å²) in [6.07, 6.45) is -0.184. The van der Waals surface area contributed by atoms with E-state index in [1.165, 1.54) is 24.3 Å². The van der Waals surface area contributed by atoms with Gasteiger partial charge in [0.05, 0.1) is 16.3 Å². The first-order valence-corrected chi connectivity index (χ1v) is 9.72. The Hall–Kier alpha value is -1.96. The molecular formula is C18H19ClFNO4S. The minimum Gasteiger partial charge on any atom is -0.461 e. The lowest BCUT2D eigenvalue weighted by atomic mass is 10.1. The highest BCUT2D eigenvalue weighted by molar-refractivity contribution is 7.89. The largest absolute Gasteiger partial charge is 0.461 e. The normalized spacial score (nSPS) is 11.4. The standard InChI is InChI=1S/C18H19ClFNO4S/c1-12-6-7-14(10-13(12)2)26(23,24)21-9-8-18(22)25-11-15-16(19)4-3-5-17(15)20/h3-7,10,21H,8-9,11H2,1-2H3. The first kappa shape index (κ1) is 20.4. The lowest BCUT2D eigenvalue weighted by Gasteiger charge is -2.10. The van der Waals surface area contributed by atoms with Gasteiger partial charge < -0.3 is 4.74 Å². The van der Waals surface area contributed by atoms with Crippen molar-refractivity contribution in [2.75, 3.05) is 6.54 Å². The summed E-state index contributed by atoms with van der Waals surface area (Å²) in [5.74, 6) is -1.23. The molecule has 0 atom stereocenters. The maximum atomic E-state index is 13.6. The summed E-state index contributed by atoms with van der Waals surface area (Å²) in [7, 11) is -3.71. The predicted molar refractivity (Wildman–Crippen MR) is 96.9 cm³/mol. The van der Waals surface area contributed by atoms with Crippen LogP contribution in [0.1, 0.15) is 23.1 Å². The van der Waals surface area contributed by atoms with E-state index in [-0.39, 0.29) is 35.1 Å². The van der Waals surface area contributed by atoms with E-state index >= 15 is 0 Å². The topological polar surface area (TPSA) is 72.5 Å². The fourth-order valence-corrected chi connectivity index (χ4v) is 3.48. The molecular weight excluding hydrogens is 381 g/mol. The number of carbonyl (C=O) groups excluding carboxylic acids is 1. The van der Waals surface area contributed by atoms with Gasteiger partial charge in [0.25, 0.3) is 0 Å². The number of hydrogen-bond donors (Lipinski definition) is 1. The van der Waals surface area contributed by atoms with Gasteiger partial charge in [0, 0.05) is 12.1 Å². The first-order valence-electron chi connectivity index (χ1n) is 7.86. The molecule has 26 heavy (non-hydrogen) atoms. The summed E-state index contributed by atoms with van der Waals surface area (Å²) in [5, 5.41) is 0.160. The van der Waals surface area contributed by atoms with Crippen molar-refractivity contribution < 1.29 is 22.3 Å². The Morgan fingerprint density at radius 1 is 1.19 bits per heavy atom. The van der Waals surface area contributed by atoms with Crippen LogP contribution in [0.3, 0.4) is 0 Å². The minimum absolute atomic E-state index is 0.0817. The van der Waals surface area contributed by atoms with E-state index in [0.717, 1.165) is 11.1 Å². The zero-order chi connectivity index (χ0) is 19.3. The van der Waals surface area contributed by atoms with Crippen LogP contribution >= 0.6 is 11.6 Å². The number of rotatable bonds is 7. The summed E-state index contributed by atoms with van der Waals surface area (Å²) >= 11 is 5.85.